The molecule has 0 radical (unpaired) electrons. The summed E-state index contributed by atoms with van der Waals surface area (Å²) in [6, 6.07) is 0. The van der Waals surface area contributed by atoms with Crippen molar-refractivity contribution in [3.63, 3.8) is 0 Å². The van der Waals surface area contributed by atoms with E-state index >= 15 is 0 Å². The number of hydrogen-bond donors (Lipinski definition) is 2. The van der Waals surface area contributed by atoms with Crippen molar-refractivity contribution in [3.8, 4) is 0 Å². The lowest BCUT2D eigenvalue weighted by atomic mass is 9.96. The summed E-state index contributed by atoms with van der Waals surface area (Å²) in [7, 11) is 0. The molecule has 0 saturated heterocycles. The Balaban J connectivity index is 1.71. The Morgan fingerprint density at radius 3 is 1.68 bits per heavy atom. The van der Waals surface area contributed by atoms with Gasteiger partial charge in [0, 0.05) is 12.8 Å². The van der Waals surface area contributed by atoms with Crippen LogP contribution in [0.5, 0.6) is 0 Å². The van der Waals surface area contributed by atoms with Gasteiger partial charge in [0.2, 0.25) is 0 Å². The van der Waals surface area contributed by atoms with Crippen LogP contribution in [0.15, 0.2) is 113 Å². The molecule has 5 rings (SSSR count). The molecular formula is C30H28N4O4. The molecule has 0 aromatic rings. The number of fused-ring (bicyclic) bond motifs is 4. The molecule has 8 heteroatoms. The number of aliphatic imine (C=N–C) groups is 4. The highest BCUT2D eigenvalue weighted by Crippen LogP contribution is 2.35. The van der Waals surface area contributed by atoms with E-state index in [1.54, 1.807) is 0 Å². The summed E-state index contributed by atoms with van der Waals surface area (Å²) < 4.78 is 0. The number of hydrogen-bond acceptors (Lipinski definition) is 6. The first-order chi connectivity index (χ1) is 18.1. The largest absolute Gasteiger partial charge is 0.481 e. The van der Waals surface area contributed by atoms with Crippen molar-refractivity contribution >= 4 is 34.8 Å². The number of carboxylic acids is 2. The van der Waals surface area contributed by atoms with Crippen LogP contribution in [0.2, 0.25) is 0 Å². The summed E-state index contributed by atoms with van der Waals surface area (Å²) in [6.07, 6.45) is 12.3. The Hall–Kier alpha value is -4.46. The van der Waals surface area contributed by atoms with Gasteiger partial charge in [-0.15, -0.1) is 0 Å². The lowest BCUT2D eigenvalue weighted by molar-refractivity contribution is -0.137. The van der Waals surface area contributed by atoms with Gasteiger partial charge in [-0.05, 0) is 110 Å². The first kappa shape index (κ1) is 25.2. The maximum atomic E-state index is 11.4. The third-order valence-corrected chi connectivity index (χ3v) is 7.10. The predicted molar refractivity (Wildman–Crippen MR) is 149 cm³/mol. The molecule has 38 heavy (non-hydrogen) atoms. The SMILES string of the molecule is CC1=CC2=CC3=NC(=CC4=NC(=CC5=NC(=CC1=N2)C=C5C)C(C)=C4CCC(=O)O)C(CCC(=O)O)=C3C. The Labute approximate surface area is 220 Å². The zero-order chi connectivity index (χ0) is 27.1. The van der Waals surface area contributed by atoms with Crippen LogP contribution >= 0.6 is 0 Å². The minimum atomic E-state index is -0.882. The smallest absolute Gasteiger partial charge is 0.303 e. The minimum absolute atomic E-state index is 0.0257. The molecule has 5 heterocycles. The summed E-state index contributed by atoms with van der Waals surface area (Å²) in [6.45, 7) is 7.89. The summed E-state index contributed by atoms with van der Waals surface area (Å²) >= 11 is 0. The van der Waals surface area contributed by atoms with E-state index < -0.39 is 11.9 Å². The molecule has 0 amide bonds. The van der Waals surface area contributed by atoms with E-state index in [9.17, 15) is 19.8 Å². The number of allylic oxidation sites excluding steroid dienone is 12. The number of nitrogens with zero attached hydrogens (tertiary/aromatic N) is 4. The standard InChI is InChI=1S/C30H28N4O4/c1-15-9-20-12-25-17(3)21(5-7-29(35)36)27(33-25)14-28-22(6-8-30(37)38)18(4)26(34-28)13-24-16(2)10-19(32-24)11-23(15)31-20/h9-14H,5-8H2,1-4H3,(H,35,36)(H,37,38). The van der Waals surface area contributed by atoms with Crippen molar-refractivity contribution in [2.75, 3.05) is 0 Å². The molecule has 5 aliphatic rings. The van der Waals surface area contributed by atoms with E-state index in [1.165, 1.54) is 0 Å². The van der Waals surface area contributed by atoms with Gasteiger partial charge in [0.05, 0.1) is 45.6 Å². The molecule has 8 nitrogen and oxygen atoms in total. The molecule has 0 spiro atoms. The average molecular weight is 509 g/mol. The monoisotopic (exact) mass is 508 g/mol. The minimum Gasteiger partial charge on any atom is -0.481 e. The molecule has 192 valence electrons. The summed E-state index contributed by atoms with van der Waals surface area (Å²) in [5, 5.41) is 18.7. The molecule has 0 unspecified atom stereocenters. The Kier molecular flexibility index (Phi) is 6.48. The summed E-state index contributed by atoms with van der Waals surface area (Å²) in [5.41, 5.74) is 11.4. The van der Waals surface area contributed by atoms with Crippen molar-refractivity contribution in [2.45, 2.75) is 53.4 Å². The van der Waals surface area contributed by atoms with Gasteiger partial charge in [-0.25, -0.2) is 20.0 Å². The van der Waals surface area contributed by atoms with E-state index in [4.69, 9.17) is 20.0 Å². The van der Waals surface area contributed by atoms with E-state index in [1.807, 2.05) is 64.2 Å². The lowest BCUT2D eigenvalue weighted by Gasteiger charge is -2.07. The van der Waals surface area contributed by atoms with E-state index in [0.717, 1.165) is 67.7 Å². The fraction of sp³-hybridized carbons (Fsp3) is 0.267. The van der Waals surface area contributed by atoms with Crippen LogP contribution in [0.4, 0.5) is 0 Å². The van der Waals surface area contributed by atoms with Crippen LogP contribution in [0.1, 0.15) is 53.4 Å². The van der Waals surface area contributed by atoms with Crippen molar-refractivity contribution in [1.29, 1.82) is 0 Å². The number of carboxylic acid groups (broad SMARTS) is 2. The zero-order valence-corrected chi connectivity index (χ0v) is 21.8. The van der Waals surface area contributed by atoms with Gasteiger partial charge in [-0.2, -0.15) is 0 Å². The molecule has 0 saturated carbocycles. The lowest BCUT2D eigenvalue weighted by Crippen LogP contribution is -2.03. The number of carbonyl (C=O) groups is 2. The molecule has 8 bridgehead atoms. The Morgan fingerprint density at radius 2 is 1.08 bits per heavy atom. The van der Waals surface area contributed by atoms with Gasteiger partial charge in [-0.1, -0.05) is 0 Å². The molecule has 0 fully saturated rings. The van der Waals surface area contributed by atoms with Crippen molar-refractivity contribution in [2.24, 2.45) is 20.0 Å². The maximum Gasteiger partial charge on any atom is 0.303 e. The van der Waals surface area contributed by atoms with Gasteiger partial charge in [0.25, 0.3) is 0 Å². The molecule has 0 atom stereocenters. The Bertz CT molecular complexity index is 1580. The molecule has 0 aliphatic carbocycles. The second-order valence-corrected chi connectivity index (χ2v) is 9.84. The van der Waals surface area contributed by atoms with Gasteiger partial charge >= 0.3 is 11.9 Å². The molecule has 5 aliphatic heterocycles. The number of aliphatic carboxylic acids is 2. The van der Waals surface area contributed by atoms with E-state index in [0.29, 0.717) is 24.3 Å². The van der Waals surface area contributed by atoms with E-state index in [-0.39, 0.29) is 12.8 Å². The van der Waals surface area contributed by atoms with Crippen LogP contribution in [0.25, 0.3) is 0 Å². The molecule has 0 aromatic carbocycles. The third-order valence-electron chi connectivity index (χ3n) is 7.10. The topological polar surface area (TPSA) is 124 Å². The Morgan fingerprint density at radius 1 is 0.579 bits per heavy atom. The fourth-order valence-electron chi connectivity index (χ4n) is 4.96. The van der Waals surface area contributed by atoms with Crippen LogP contribution in [-0.4, -0.2) is 45.0 Å². The van der Waals surface area contributed by atoms with Gasteiger partial charge in [0.15, 0.2) is 0 Å². The van der Waals surface area contributed by atoms with E-state index in [2.05, 4.69) is 0 Å². The average Bonchev–Trinajstić information content (AvgIpc) is 3.53. The van der Waals surface area contributed by atoms with Gasteiger partial charge in [-0.3, -0.25) is 9.59 Å². The van der Waals surface area contributed by atoms with Gasteiger partial charge < -0.3 is 10.2 Å². The highest BCUT2D eigenvalue weighted by Gasteiger charge is 2.26. The van der Waals surface area contributed by atoms with Crippen LogP contribution in [-0.2, 0) is 9.59 Å². The predicted octanol–water partition coefficient (Wildman–Crippen LogP) is 5.61. The maximum absolute atomic E-state index is 11.4. The fourth-order valence-corrected chi connectivity index (χ4v) is 4.96. The van der Waals surface area contributed by atoms with Crippen LogP contribution < -0.4 is 0 Å². The summed E-state index contributed by atoms with van der Waals surface area (Å²) in [4.78, 5) is 42.2. The first-order valence-corrected chi connectivity index (χ1v) is 12.5. The normalized spacial score (nSPS) is 20.2. The van der Waals surface area contributed by atoms with Crippen LogP contribution in [0, 0.1) is 0 Å². The number of rotatable bonds is 6. The first-order valence-electron chi connectivity index (χ1n) is 12.5. The second kappa shape index (κ2) is 9.78. The van der Waals surface area contributed by atoms with Crippen LogP contribution in [0.3, 0.4) is 0 Å². The third kappa shape index (κ3) is 4.89. The highest BCUT2D eigenvalue weighted by atomic mass is 16.4. The van der Waals surface area contributed by atoms with Gasteiger partial charge in [0.1, 0.15) is 0 Å². The molecular weight excluding hydrogens is 480 g/mol. The van der Waals surface area contributed by atoms with Crippen molar-refractivity contribution in [3.05, 3.63) is 92.7 Å². The quantitative estimate of drug-likeness (QED) is 0.484. The molecule has 2 N–H and O–H groups in total. The zero-order valence-electron chi connectivity index (χ0n) is 21.8. The second-order valence-electron chi connectivity index (χ2n) is 9.84. The molecule has 0 aromatic heterocycles. The highest BCUT2D eigenvalue weighted by molar-refractivity contribution is 6.19. The van der Waals surface area contributed by atoms with Crippen molar-refractivity contribution in [1.82, 2.24) is 0 Å². The van der Waals surface area contributed by atoms with Crippen molar-refractivity contribution < 1.29 is 19.8 Å². The summed E-state index contributed by atoms with van der Waals surface area (Å²) in [5.74, 6) is -1.76.